The molecular weight excluding hydrogens is 398 g/mol. The molecule has 1 aliphatic heterocycles. The van der Waals surface area contributed by atoms with Crippen LogP contribution >= 0.6 is 0 Å². The number of aryl methyl sites for hydroxylation is 1. The lowest BCUT2D eigenvalue weighted by Crippen LogP contribution is -2.39. The second-order valence-electron chi connectivity index (χ2n) is 8.25. The van der Waals surface area contributed by atoms with Crippen LogP contribution in [0.4, 0.5) is 0 Å². The Bertz CT molecular complexity index is 1100. The van der Waals surface area contributed by atoms with Gasteiger partial charge in [0.25, 0.3) is 0 Å². The third-order valence-corrected chi connectivity index (χ3v) is 7.55. The summed E-state index contributed by atoms with van der Waals surface area (Å²) >= 11 is 0. The normalized spacial score (nSPS) is 18.1. The summed E-state index contributed by atoms with van der Waals surface area (Å²) in [6.07, 6.45) is 1.59. The molecule has 1 atom stereocenters. The maximum Gasteiger partial charge on any atom is 0.243 e. The van der Waals surface area contributed by atoms with E-state index in [4.69, 9.17) is 4.52 Å². The highest BCUT2D eigenvalue weighted by molar-refractivity contribution is 7.89. The molecule has 1 saturated heterocycles. The zero-order chi connectivity index (χ0) is 21.3. The lowest BCUT2D eigenvalue weighted by Gasteiger charge is -2.30. The molecular formula is C23H27N3O3S. The fraction of sp³-hybridized carbons (Fsp3) is 0.391. The molecule has 0 spiro atoms. The van der Waals surface area contributed by atoms with Gasteiger partial charge in [-0.25, -0.2) is 8.42 Å². The van der Waals surface area contributed by atoms with Crippen molar-refractivity contribution in [1.82, 2.24) is 14.4 Å². The fourth-order valence-electron chi connectivity index (χ4n) is 3.76. The van der Waals surface area contributed by atoms with Gasteiger partial charge in [0.05, 0.1) is 10.8 Å². The molecule has 2 aromatic carbocycles. The smallest absolute Gasteiger partial charge is 0.243 e. The third kappa shape index (κ3) is 4.18. The Morgan fingerprint density at radius 3 is 2.43 bits per heavy atom. The molecule has 0 amide bonds. The molecule has 1 aromatic heterocycles. The average Bonchev–Trinajstić information content (AvgIpc) is 3.24. The van der Waals surface area contributed by atoms with Crippen molar-refractivity contribution in [2.75, 3.05) is 13.1 Å². The Morgan fingerprint density at radius 2 is 1.77 bits per heavy atom. The molecule has 158 valence electrons. The summed E-state index contributed by atoms with van der Waals surface area (Å²) < 4.78 is 33.2. The van der Waals surface area contributed by atoms with E-state index in [1.54, 1.807) is 12.1 Å². The number of benzene rings is 2. The zero-order valence-electron chi connectivity index (χ0n) is 17.6. The lowest BCUT2D eigenvalue weighted by atomic mass is 9.99. The van der Waals surface area contributed by atoms with Gasteiger partial charge < -0.3 is 4.52 Å². The van der Waals surface area contributed by atoms with Crippen LogP contribution in [0.15, 0.2) is 57.9 Å². The Balaban J connectivity index is 1.52. The van der Waals surface area contributed by atoms with Crippen LogP contribution < -0.4 is 0 Å². The van der Waals surface area contributed by atoms with E-state index in [0.717, 1.165) is 24.0 Å². The quantitative estimate of drug-likeness (QED) is 0.590. The predicted molar refractivity (Wildman–Crippen MR) is 116 cm³/mol. The Morgan fingerprint density at radius 1 is 1.07 bits per heavy atom. The number of sulfonamides is 1. The minimum absolute atomic E-state index is 0.102. The SMILES string of the molecule is Cc1ccc(S(=O)(=O)N2CCC[C@H](c3nc(-c4ccc(C(C)C)cc4)no3)C2)cc1. The van der Waals surface area contributed by atoms with Crippen LogP contribution in [-0.4, -0.2) is 36.0 Å². The fourth-order valence-corrected chi connectivity index (χ4v) is 5.28. The molecule has 0 radical (unpaired) electrons. The van der Waals surface area contributed by atoms with Gasteiger partial charge in [-0.2, -0.15) is 9.29 Å². The number of nitrogens with zero attached hydrogens (tertiary/aromatic N) is 3. The summed E-state index contributed by atoms with van der Waals surface area (Å²) in [5.74, 6) is 1.40. The highest BCUT2D eigenvalue weighted by Crippen LogP contribution is 2.31. The van der Waals surface area contributed by atoms with Crippen molar-refractivity contribution in [3.05, 3.63) is 65.5 Å². The molecule has 6 nitrogen and oxygen atoms in total. The number of piperidine rings is 1. The van der Waals surface area contributed by atoms with Crippen LogP contribution in [-0.2, 0) is 10.0 Å². The van der Waals surface area contributed by atoms with Crippen molar-refractivity contribution in [2.24, 2.45) is 0 Å². The average molecular weight is 426 g/mol. The Labute approximate surface area is 178 Å². The maximum absolute atomic E-state index is 13.0. The lowest BCUT2D eigenvalue weighted by molar-refractivity contribution is 0.265. The summed E-state index contributed by atoms with van der Waals surface area (Å²) in [4.78, 5) is 4.90. The van der Waals surface area contributed by atoms with Gasteiger partial charge in [-0.05, 0) is 43.4 Å². The summed E-state index contributed by atoms with van der Waals surface area (Å²) in [6.45, 7) is 7.10. The summed E-state index contributed by atoms with van der Waals surface area (Å²) in [6, 6.07) is 15.1. The van der Waals surface area contributed by atoms with E-state index >= 15 is 0 Å². The Hall–Kier alpha value is -2.51. The number of hydrogen-bond acceptors (Lipinski definition) is 5. The summed E-state index contributed by atoms with van der Waals surface area (Å²) in [5, 5.41) is 4.14. The van der Waals surface area contributed by atoms with Crippen molar-refractivity contribution >= 4 is 10.0 Å². The molecule has 3 aromatic rings. The first-order valence-corrected chi connectivity index (χ1v) is 11.8. The van der Waals surface area contributed by atoms with Crippen molar-refractivity contribution in [3.63, 3.8) is 0 Å². The predicted octanol–water partition coefficient (Wildman–Crippen LogP) is 4.74. The van der Waals surface area contributed by atoms with Crippen molar-refractivity contribution in [2.45, 2.75) is 50.3 Å². The van der Waals surface area contributed by atoms with E-state index in [9.17, 15) is 8.42 Å². The molecule has 7 heteroatoms. The molecule has 1 aliphatic rings. The Kier molecular flexibility index (Phi) is 5.75. The highest BCUT2D eigenvalue weighted by Gasteiger charge is 2.33. The van der Waals surface area contributed by atoms with E-state index in [1.165, 1.54) is 9.87 Å². The van der Waals surface area contributed by atoms with Gasteiger partial charge in [-0.1, -0.05) is 61.0 Å². The van der Waals surface area contributed by atoms with E-state index in [-0.39, 0.29) is 5.92 Å². The van der Waals surface area contributed by atoms with Gasteiger partial charge in [0, 0.05) is 18.7 Å². The molecule has 2 heterocycles. The van der Waals surface area contributed by atoms with Crippen LogP contribution in [0.2, 0.25) is 0 Å². The van der Waals surface area contributed by atoms with Crippen molar-refractivity contribution in [3.8, 4) is 11.4 Å². The molecule has 4 rings (SSSR count). The van der Waals surface area contributed by atoms with Crippen LogP contribution in [0, 0.1) is 6.92 Å². The van der Waals surface area contributed by atoms with Gasteiger partial charge in [-0.3, -0.25) is 0 Å². The van der Waals surface area contributed by atoms with Gasteiger partial charge in [-0.15, -0.1) is 0 Å². The maximum atomic E-state index is 13.0. The standard InChI is InChI=1S/C23H27N3O3S/c1-16(2)18-8-10-19(11-9-18)22-24-23(29-25-22)20-5-4-14-26(15-20)30(27,28)21-12-6-17(3)7-13-21/h6-13,16,20H,4-5,14-15H2,1-3H3/t20-/m0/s1. The van der Waals surface area contributed by atoms with E-state index in [2.05, 4.69) is 36.1 Å². The number of hydrogen-bond donors (Lipinski definition) is 0. The van der Waals surface area contributed by atoms with Crippen LogP contribution in [0.5, 0.6) is 0 Å². The molecule has 0 saturated carbocycles. The van der Waals surface area contributed by atoms with Crippen LogP contribution in [0.3, 0.4) is 0 Å². The first-order valence-electron chi connectivity index (χ1n) is 10.4. The first-order chi connectivity index (χ1) is 14.3. The van der Waals surface area contributed by atoms with Crippen LogP contribution in [0.1, 0.15) is 55.5 Å². The molecule has 30 heavy (non-hydrogen) atoms. The van der Waals surface area contributed by atoms with Crippen LogP contribution in [0.25, 0.3) is 11.4 Å². The van der Waals surface area contributed by atoms with Gasteiger partial charge in [0.1, 0.15) is 0 Å². The monoisotopic (exact) mass is 425 g/mol. The molecule has 0 bridgehead atoms. The number of rotatable bonds is 5. The molecule has 0 unspecified atom stereocenters. The van der Waals surface area contributed by atoms with E-state index < -0.39 is 10.0 Å². The third-order valence-electron chi connectivity index (χ3n) is 5.67. The summed E-state index contributed by atoms with van der Waals surface area (Å²) in [7, 11) is -3.53. The minimum Gasteiger partial charge on any atom is -0.339 e. The molecule has 0 N–H and O–H groups in total. The summed E-state index contributed by atoms with van der Waals surface area (Å²) in [5.41, 5.74) is 3.19. The van der Waals surface area contributed by atoms with Crippen molar-refractivity contribution < 1.29 is 12.9 Å². The topological polar surface area (TPSA) is 76.3 Å². The zero-order valence-corrected chi connectivity index (χ0v) is 18.4. The second kappa shape index (κ2) is 8.32. The first kappa shape index (κ1) is 20.8. The van der Waals surface area contributed by atoms with E-state index in [0.29, 0.717) is 35.6 Å². The molecule has 0 aliphatic carbocycles. The van der Waals surface area contributed by atoms with Crippen molar-refractivity contribution in [1.29, 1.82) is 0 Å². The largest absolute Gasteiger partial charge is 0.339 e. The van der Waals surface area contributed by atoms with Gasteiger partial charge in [0.15, 0.2) is 0 Å². The van der Waals surface area contributed by atoms with Gasteiger partial charge >= 0.3 is 0 Å². The molecule has 1 fully saturated rings. The highest BCUT2D eigenvalue weighted by atomic mass is 32.2. The van der Waals surface area contributed by atoms with E-state index in [1.807, 2.05) is 31.2 Å². The number of aromatic nitrogens is 2. The second-order valence-corrected chi connectivity index (χ2v) is 10.2. The minimum atomic E-state index is -3.53. The van der Waals surface area contributed by atoms with Gasteiger partial charge in [0.2, 0.25) is 21.7 Å².